The maximum absolute atomic E-state index is 12.3. The third-order valence-corrected chi connectivity index (χ3v) is 3.41. The summed E-state index contributed by atoms with van der Waals surface area (Å²) in [6, 6.07) is 8.89. The summed E-state index contributed by atoms with van der Waals surface area (Å²) in [5.74, 6) is -1.11. The van der Waals surface area contributed by atoms with Crippen molar-refractivity contribution in [3.63, 3.8) is 0 Å². The fraction of sp³-hybridized carbons (Fsp3) is 0.125. The Balaban J connectivity index is 2.30. The summed E-state index contributed by atoms with van der Waals surface area (Å²) >= 11 is 5.78. The van der Waals surface area contributed by atoms with Gasteiger partial charge in [0, 0.05) is 0 Å². The van der Waals surface area contributed by atoms with E-state index in [1.807, 2.05) is 0 Å². The number of halogens is 1. The molecule has 2 N–H and O–H groups in total. The highest BCUT2D eigenvalue weighted by molar-refractivity contribution is 6.32. The first kappa shape index (κ1) is 16.6. The number of hydrogen-bond acceptors (Lipinski definition) is 5. The molecule has 7 heteroatoms. The Kier molecular flexibility index (Phi) is 5.08. The number of aromatic hydroxyl groups is 1. The number of methoxy groups -OCH3 is 2. The third kappa shape index (κ3) is 3.54. The van der Waals surface area contributed by atoms with Crippen LogP contribution in [0.3, 0.4) is 0 Å². The predicted molar refractivity (Wildman–Crippen MR) is 85.4 cm³/mol. The van der Waals surface area contributed by atoms with Crippen LogP contribution in [0.15, 0.2) is 36.4 Å². The highest BCUT2D eigenvalue weighted by atomic mass is 35.5. The lowest BCUT2D eigenvalue weighted by Crippen LogP contribution is -2.13. The second-order valence-electron chi connectivity index (χ2n) is 4.50. The van der Waals surface area contributed by atoms with Crippen LogP contribution in [0.2, 0.25) is 5.02 Å². The molecule has 0 unspecified atom stereocenters. The van der Waals surface area contributed by atoms with E-state index in [-0.39, 0.29) is 27.6 Å². The second-order valence-corrected chi connectivity index (χ2v) is 4.90. The number of hydrogen-bond donors (Lipinski definition) is 2. The molecule has 0 aliphatic heterocycles. The van der Waals surface area contributed by atoms with E-state index in [1.54, 1.807) is 6.07 Å². The molecule has 0 fully saturated rings. The number of rotatable bonds is 4. The molecule has 0 aromatic heterocycles. The van der Waals surface area contributed by atoms with E-state index in [0.29, 0.717) is 5.69 Å². The van der Waals surface area contributed by atoms with Gasteiger partial charge in [-0.05, 0) is 30.3 Å². The van der Waals surface area contributed by atoms with Crippen molar-refractivity contribution in [1.82, 2.24) is 0 Å². The molecule has 2 aromatic carbocycles. The number of nitrogens with one attached hydrogen (secondary N) is 1. The number of anilines is 1. The molecule has 0 saturated heterocycles. The molecule has 0 atom stereocenters. The Morgan fingerprint density at radius 3 is 2.57 bits per heavy atom. The summed E-state index contributed by atoms with van der Waals surface area (Å²) in [5, 5.41) is 12.5. The fourth-order valence-corrected chi connectivity index (χ4v) is 2.10. The number of phenols is 1. The highest BCUT2D eigenvalue weighted by Crippen LogP contribution is 2.30. The number of para-hydroxylation sites is 1. The van der Waals surface area contributed by atoms with Gasteiger partial charge >= 0.3 is 5.97 Å². The zero-order chi connectivity index (χ0) is 17.0. The van der Waals surface area contributed by atoms with Gasteiger partial charge < -0.3 is 19.9 Å². The Morgan fingerprint density at radius 2 is 1.91 bits per heavy atom. The second kappa shape index (κ2) is 7.02. The van der Waals surface area contributed by atoms with Crippen LogP contribution in [-0.4, -0.2) is 31.2 Å². The molecule has 2 rings (SSSR count). The average molecular weight is 336 g/mol. The topological polar surface area (TPSA) is 84.9 Å². The largest absolute Gasteiger partial charge is 0.506 e. The molecule has 0 aliphatic carbocycles. The predicted octanol–water partition coefficient (Wildman–Crippen LogP) is 3.09. The normalized spacial score (nSPS) is 10.0. The van der Waals surface area contributed by atoms with Gasteiger partial charge in [-0.3, -0.25) is 4.79 Å². The summed E-state index contributed by atoms with van der Waals surface area (Å²) in [6.45, 7) is 0. The Labute approximate surface area is 137 Å². The minimum absolute atomic E-state index is 0.0246. The van der Waals surface area contributed by atoms with Gasteiger partial charge in [0.15, 0.2) is 0 Å². The van der Waals surface area contributed by atoms with E-state index >= 15 is 0 Å². The van der Waals surface area contributed by atoms with Crippen molar-refractivity contribution in [2.45, 2.75) is 0 Å². The summed E-state index contributed by atoms with van der Waals surface area (Å²) in [7, 11) is 2.68. The molecule has 23 heavy (non-hydrogen) atoms. The highest BCUT2D eigenvalue weighted by Gasteiger charge is 2.16. The van der Waals surface area contributed by atoms with E-state index < -0.39 is 11.9 Å². The van der Waals surface area contributed by atoms with Crippen LogP contribution in [0, 0.1) is 0 Å². The average Bonchev–Trinajstić information content (AvgIpc) is 2.56. The molecule has 120 valence electrons. The molecule has 0 heterocycles. The minimum atomic E-state index is -0.561. The van der Waals surface area contributed by atoms with E-state index in [2.05, 4.69) is 10.1 Å². The van der Waals surface area contributed by atoms with Crippen LogP contribution in [0.4, 0.5) is 5.69 Å². The molecule has 0 bridgehead atoms. The Hall–Kier alpha value is -2.73. The number of ether oxygens (including phenoxy) is 2. The van der Waals surface area contributed by atoms with Gasteiger partial charge in [0.05, 0.1) is 36.1 Å². The van der Waals surface area contributed by atoms with Gasteiger partial charge in [0.25, 0.3) is 5.91 Å². The molecule has 0 radical (unpaired) electrons. The first-order valence-corrected chi connectivity index (χ1v) is 6.91. The zero-order valence-electron chi connectivity index (χ0n) is 12.4. The summed E-state index contributed by atoms with van der Waals surface area (Å²) in [6.07, 6.45) is 0. The molecule has 2 aromatic rings. The number of carbonyl (C=O) groups is 2. The number of phenolic OH excluding ortho intramolecular Hbond substituents is 1. The van der Waals surface area contributed by atoms with Gasteiger partial charge in [-0.15, -0.1) is 0 Å². The van der Waals surface area contributed by atoms with Gasteiger partial charge in [-0.1, -0.05) is 17.7 Å². The lowest BCUT2D eigenvalue weighted by Gasteiger charge is -2.12. The van der Waals surface area contributed by atoms with Crippen LogP contribution in [0.5, 0.6) is 11.5 Å². The van der Waals surface area contributed by atoms with Crippen LogP contribution >= 0.6 is 11.6 Å². The lowest BCUT2D eigenvalue weighted by molar-refractivity contribution is 0.0600. The lowest BCUT2D eigenvalue weighted by atomic mass is 10.1. The van der Waals surface area contributed by atoms with Gasteiger partial charge in [0.1, 0.15) is 11.5 Å². The first-order valence-electron chi connectivity index (χ1n) is 6.53. The quantitative estimate of drug-likeness (QED) is 0.839. The van der Waals surface area contributed by atoms with Crippen molar-refractivity contribution >= 4 is 29.2 Å². The summed E-state index contributed by atoms with van der Waals surface area (Å²) in [5.41, 5.74) is 0.647. The molecular weight excluding hydrogens is 322 g/mol. The minimum Gasteiger partial charge on any atom is -0.506 e. The molecule has 0 spiro atoms. The van der Waals surface area contributed by atoms with Crippen molar-refractivity contribution in [2.75, 3.05) is 19.5 Å². The van der Waals surface area contributed by atoms with Crippen LogP contribution in [0.1, 0.15) is 20.7 Å². The maximum Gasteiger partial charge on any atom is 0.337 e. The number of amides is 1. The number of benzene rings is 2. The van der Waals surface area contributed by atoms with Crippen molar-refractivity contribution < 1.29 is 24.2 Å². The molecule has 0 aliphatic rings. The standard InChI is InChI=1S/C16H14ClNO5/c1-22-13-8-9(16(21)23-2)6-7-12(13)18-15(20)10-4-3-5-11(17)14(10)19/h3-8,19H,1-2H3,(H,18,20). The molecule has 1 amide bonds. The van der Waals surface area contributed by atoms with E-state index in [0.717, 1.165) is 0 Å². The maximum atomic E-state index is 12.3. The van der Waals surface area contributed by atoms with E-state index in [9.17, 15) is 14.7 Å². The Morgan fingerprint density at radius 1 is 1.17 bits per heavy atom. The van der Waals surface area contributed by atoms with E-state index in [4.69, 9.17) is 16.3 Å². The van der Waals surface area contributed by atoms with Crippen molar-refractivity contribution in [2.24, 2.45) is 0 Å². The zero-order valence-corrected chi connectivity index (χ0v) is 13.2. The van der Waals surface area contributed by atoms with Crippen LogP contribution in [0.25, 0.3) is 0 Å². The smallest absolute Gasteiger partial charge is 0.337 e. The van der Waals surface area contributed by atoms with Crippen LogP contribution < -0.4 is 10.1 Å². The summed E-state index contributed by atoms with van der Waals surface area (Å²) in [4.78, 5) is 23.8. The Bertz CT molecular complexity index is 760. The van der Waals surface area contributed by atoms with Crippen molar-refractivity contribution in [3.8, 4) is 11.5 Å². The SMILES string of the molecule is COC(=O)c1ccc(NC(=O)c2cccc(Cl)c2O)c(OC)c1. The molecule has 0 saturated carbocycles. The van der Waals surface area contributed by atoms with Crippen molar-refractivity contribution in [1.29, 1.82) is 0 Å². The molecule has 6 nitrogen and oxygen atoms in total. The van der Waals surface area contributed by atoms with Gasteiger partial charge in [0.2, 0.25) is 0 Å². The monoisotopic (exact) mass is 335 g/mol. The molecular formula is C16H14ClNO5. The number of carbonyl (C=O) groups excluding carboxylic acids is 2. The third-order valence-electron chi connectivity index (χ3n) is 3.10. The van der Waals surface area contributed by atoms with Gasteiger partial charge in [-0.2, -0.15) is 0 Å². The first-order chi connectivity index (χ1) is 11.0. The van der Waals surface area contributed by atoms with Gasteiger partial charge in [-0.25, -0.2) is 4.79 Å². The fourth-order valence-electron chi connectivity index (χ4n) is 1.93. The summed E-state index contributed by atoms with van der Waals surface area (Å²) < 4.78 is 9.79. The van der Waals surface area contributed by atoms with E-state index in [1.165, 1.54) is 44.6 Å². The number of esters is 1. The van der Waals surface area contributed by atoms with Crippen LogP contribution in [-0.2, 0) is 4.74 Å². The van der Waals surface area contributed by atoms with Crippen molar-refractivity contribution in [3.05, 3.63) is 52.5 Å².